The zero-order chi connectivity index (χ0) is 13.8. The molecule has 2 N–H and O–H groups in total. The van der Waals surface area contributed by atoms with Gasteiger partial charge in [-0.3, -0.25) is 4.68 Å². The molecule has 2 rings (SSSR count). The van der Waals surface area contributed by atoms with E-state index in [1.807, 2.05) is 13.2 Å². The van der Waals surface area contributed by atoms with Crippen molar-refractivity contribution in [2.24, 2.45) is 7.05 Å². The molecule has 0 aromatic carbocycles. The number of hydrogen-bond donors (Lipinski definition) is 2. The van der Waals surface area contributed by atoms with Gasteiger partial charge in [0, 0.05) is 25.5 Å². The molecule has 104 valence electrons. The fourth-order valence-corrected chi connectivity index (χ4v) is 3.01. The zero-order valence-corrected chi connectivity index (χ0v) is 11.4. The molecule has 19 heavy (non-hydrogen) atoms. The van der Waals surface area contributed by atoms with Crippen LogP contribution in [0.4, 0.5) is 4.79 Å². The van der Waals surface area contributed by atoms with Gasteiger partial charge in [-0.15, -0.1) is 11.8 Å². The van der Waals surface area contributed by atoms with Crippen molar-refractivity contribution in [3.8, 4) is 0 Å². The van der Waals surface area contributed by atoms with E-state index in [9.17, 15) is 9.59 Å². The van der Waals surface area contributed by atoms with Crippen molar-refractivity contribution in [3.63, 3.8) is 0 Å². The molecule has 7 nitrogen and oxygen atoms in total. The van der Waals surface area contributed by atoms with Gasteiger partial charge in [0.05, 0.1) is 12.1 Å². The van der Waals surface area contributed by atoms with Crippen molar-refractivity contribution in [1.29, 1.82) is 0 Å². The van der Waals surface area contributed by atoms with Crippen LogP contribution in [0.5, 0.6) is 0 Å². The highest BCUT2D eigenvalue weighted by molar-refractivity contribution is 7.99. The van der Waals surface area contributed by atoms with E-state index < -0.39 is 12.0 Å². The fraction of sp³-hybridized carbons (Fsp3) is 0.545. The van der Waals surface area contributed by atoms with Crippen LogP contribution < -0.4 is 5.32 Å². The van der Waals surface area contributed by atoms with Crippen LogP contribution in [0.25, 0.3) is 0 Å². The summed E-state index contributed by atoms with van der Waals surface area (Å²) >= 11 is 1.45. The number of aromatic nitrogens is 2. The summed E-state index contributed by atoms with van der Waals surface area (Å²) in [6, 6.07) is -1.04. The van der Waals surface area contributed by atoms with Crippen LogP contribution in [0.15, 0.2) is 12.4 Å². The molecule has 1 saturated heterocycles. The number of urea groups is 1. The summed E-state index contributed by atoms with van der Waals surface area (Å²) in [7, 11) is 1.83. The average molecular weight is 284 g/mol. The minimum absolute atomic E-state index is 0.318. The number of aliphatic carboxylic acids is 1. The number of rotatable bonds is 4. The van der Waals surface area contributed by atoms with Crippen LogP contribution in [-0.2, 0) is 18.3 Å². The third kappa shape index (κ3) is 3.40. The van der Waals surface area contributed by atoms with E-state index in [4.69, 9.17) is 5.11 Å². The topological polar surface area (TPSA) is 87.5 Å². The first-order chi connectivity index (χ1) is 9.08. The minimum Gasteiger partial charge on any atom is -0.480 e. The molecule has 1 aromatic rings. The van der Waals surface area contributed by atoms with Gasteiger partial charge in [-0.1, -0.05) is 0 Å². The van der Waals surface area contributed by atoms with Crippen LogP contribution >= 0.6 is 11.8 Å². The molecule has 0 saturated carbocycles. The van der Waals surface area contributed by atoms with Crippen molar-refractivity contribution in [1.82, 2.24) is 20.0 Å². The summed E-state index contributed by atoms with van der Waals surface area (Å²) in [4.78, 5) is 24.2. The maximum absolute atomic E-state index is 11.9. The minimum atomic E-state index is -0.951. The monoisotopic (exact) mass is 284 g/mol. The molecule has 2 heterocycles. The lowest BCUT2D eigenvalue weighted by molar-refractivity contribution is -0.140. The van der Waals surface area contributed by atoms with Crippen molar-refractivity contribution in [3.05, 3.63) is 18.0 Å². The summed E-state index contributed by atoms with van der Waals surface area (Å²) in [5, 5.41) is 15.8. The molecule has 0 spiro atoms. The molecule has 0 aliphatic carbocycles. The van der Waals surface area contributed by atoms with Crippen molar-refractivity contribution < 1.29 is 14.7 Å². The van der Waals surface area contributed by atoms with Gasteiger partial charge in [-0.05, 0) is 12.0 Å². The van der Waals surface area contributed by atoms with Gasteiger partial charge in [-0.25, -0.2) is 9.59 Å². The van der Waals surface area contributed by atoms with Gasteiger partial charge in [0.25, 0.3) is 0 Å². The molecule has 1 aliphatic rings. The van der Waals surface area contributed by atoms with Crippen LogP contribution in [0.1, 0.15) is 5.56 Å². The Hall–Kier alpha value is -1.70. The number of amides is 2. The number of thioether (sulfide) groups is 1. The fourth-order valence-electron chi connectivity index (χ4n) is 1.86. The molecule has 0 radical (unpaired) electrons. The Morgan fingerprint density at radius 2 is 2.42 bits per heavy atom. The number of carboxylic acid groups (broad SMARTS) is 1. The van der Waals surface area contributed by atoms with Gasteiger partial charge in [-0.2, -0.15) is 5.10 Å². The van der Waals surface area contributed by atoms with E-state index in [-0.39, 0.29) is 6.03 Å². The lowest BCUT2D eigenvalue weighted by Crippen LogP contribution is -2.47. The summed E-state index contributed by atoms with van der Waals surface area (Å²) in [6.45, 7) is 0.470. The molecule has 8 heteroatoms. The summed E-state index contributed by atoms with van der Waals surface area (Å²) in [6.07, 6.45) is 4.31. The Balaban J connectivity index is 1.79. The van der Waals surface area contributed by atoms with Crippen LogP contribution in [0.3, 0.4) is 0 Å². The van der Waals surface area contributed by atoms with E-state index in [0.717, 1.165) is 5.56 Å². The predicted molar refractivity (Wildman–Crippen MR) is 70.9 cm³/mol. The first kappa shape index (κ1) is 13.7. The first-order valence-corrected chi connectivity index (χ1v) is 7.06. The van der Waals surface area contributed by atoms with Gasteiger partial charge in [0.2, 0.25) is 0 Å². The Labute approximate surface area is 115 Å². The lowest BCUT2D eigenvalue weighted by atomic mass is 10.2. The highest BCUT2D eigenvalue weighted by Gasteiger charge is 2.34. The third-order valence-electron chi connectivity index (χ3n) is 2.88. The standard InChI is InChI=1S/C11H16N4O3S/c1-14-5-8(4-13-14)2-3-12-11(18)15-7-19-6-9(15)10(16)17/h4-5,9H,2-3,6-7H2,1H3,(H,12,18)(H,16,17). The maximum atomic E-state index is 11.9. The van der Waals surface area contributed by atoms with Crippen LogP contribution in [0.2, 0.25) is 0 Å². The SMILES string of the molecule is Cn1cc(CCNC(=O)N2CSCC2C(=O)O)cn1. The van der Waals surface area contributed by atoms with E-state index in [1.165, 1.54) is 16.7 Å². The van der Waals surface area contributed by atoms with Gasteiger partial charge < -0.3 is 15.3 Å². The molecule has 2 amide bonds. The van der Waals surface area contributed by atoms with Crippen LogP contribution in [-0.4, -0.2) is 56.0 Å². The number of aryl methyl sites for hydroxylation is 1. The Morgan fingerprint density at radius 1 is 1.63 bits per heavy atom. The number of hydrogen-bond acceptors (Lipinski definition) is 4. The molecule has 1 atom stereocenters. The Morgan fingerprint density at radius 3 is 3.05 bits per heavy atom. The van der Waals surface area contributed by atoms with E-state index in [2.05, 4.69) is 10.4 Å². The smallest absolute Gasteiger partial charge is 0.327 e. The summed E-state index contributed by atoms with van der Waals surface area (Å²) < 4.78 is 1.70. The number of carbonyl (C=O) groups excluding carboxylic acids is 1. The highest BCUT2D eigenvalue weighted by atomic mass is 32.2. The largest absolute Gasteiger partial charge is 0.480 e. The van der Waals surface area contributed by atoms with Crippen molar-refractivity contribution in [2.45, 2.75) is 12.5 Å². The van der Waals surface area contributed by atoms with Gasteiger partial charge in [0.15, 0.2) is 0 Å². The molecule has 1 fully saturated rings. The average Bonchev–Trinajstić information content (AvgIpc) is 2.97. The number of nitrogens with one attached hydrogen (secondary N) is 1. The number of carboxylic acids is 1. The zero-order valence-electron chi connectivity index (χ0n) is 10.6. The van der Waals surface area contributed by atoms with Crippen molar-refractivity contribution >= 4 is 23.8 Å². The summed E-state index contributed by atoms with van der Waals surface area (Å²) in [5.41, 5.74) is 1.04. The molecule has 0 bridgehead atoms. The normalized spacial score (nSPS) is 18.6. The maximum Gasteiger partial charge on any atom is 0.327 e. The third-order valence-corrected chi connectivity index (χ3v) is 3.89. The van der Waals surface area contributed by atoms with Crippen LogP contribution in [0, 0.1) is 0 Å². The quantitative estimate of drug-likeness (QED) is 0.820. The Bertz CT molecular complexity index is 476. The molecular formula is C11H16N4O3S. The van der Waals surface area contributed by atoms with E-state index in [0.29, 0.717) is 24.6 Å². The van der Waals surface area contributed by atoms with Gasteiger partial charge in [0.1, 0.15) is 6.04 Å². The van der Waals surface area contributed by atoms with E-state index in [1.54, 1.807) is 10.9 Å². The van der Waals surface area contributed by atoms with Gasteiger partial charge >= 0.3 is 12.0 Å². The second-order valence-corrected chi connectivity index (χ2v) is 5.33. The predicted octanol–water partition coefficient (Wildman–Crippen LogP) is 0.132. The lowest BCUT2D eigenvalue weighted by Gasteiger charge is -2.20. The Kier molecular flexibility index (Phi) is 4.31. The first-order valence-electron chi connectivity index (χ1n) is 5.90. The summed E-state index contributed by atoms with van der Waals surface area (Å²) in [5.74, 6) is -0.0754. The van der Waals surface area contributed by atoms with E-state index >= 15 is 0 Å². The molecular weight excluding hydrogens is 268 g/mol. The van der Waals surface area contributed by atoms with Crippen molar-refractivity contribution in [2.75, 3.05) is 18.2 Å². The molecule has 1 aromatic heterocycles. The number of carbonyl (C=O) groups is 2. The molecule has 1 aliphatic heterocycles. The number of nitrogens with zero attached hydrogens (tertiary/aromatic N) is 3. The molecule has 1 unspecified atom stereocenters. The second kappa shape index (κ2) is 5.96. The second-order valence-electron chi connectivity index (χ2n) is 4.33. The highest BCUT2D eigenvalue weighted by Crippen LogP contribution is 2.20.